The predicted octanol–water partition coefficient (Wildman–Crippen LogP) is 27.2. The summed E-state index contributed by atoms with van der Waals surface area (Å²) >= 11 is 3.57. The highest BCUT2D eigenvalue weighted by Crippen LogP contribution is 2.60. The van der Waals surface area contributed by atoms with Crippen molar-refractivity contribution in [3.8, 4) is 33.4 Å². The molecule has 0 fully saturated rings. The van der Waals surface area contributed by atoms with Crippen molar-refractivity contribution in [1.29, 1.82) is 0 Å². The highest BCUT2D eigenvalue weighted by Gasteiger charge is 2.48. The number of fused-ring (bicyclic) bond motifs is 6. The molecule has 0 saturated carbocycles. The third-order valence-corrected chi connectivity index (χ3v) is 22.9. The van der Waals surface area contributed by atoms with Crippen molar-refractivity contribution in [2.75, 3.05) is 9.80 Å². The largest absolute Gasteiger partial charge is 0.310 e. The van der Waals surface area contributed by atoms with E-state index in [2.05, 4.69) is 404 Å². The van der Waals surface area contributed by atoms with Gasteiger partial charge in [-0.25, -0.2) is 0 Å². The molecule has 0 spiro atoms. The molecular formula is C98H80N2S2. The highest BCUT2D eigenvalue weighted by molar-refractivity contribution is 7.99. The Kier molecular flexibility index (Phi) is 17.2. The van der Waals surface area contributed by atoms with Crippen molar-refractivity contribution in [1.82, 2.24) is 0 Å². The number of anilines is 6. The maximum absolute atomic E-state index is 3.98. The van der Waals surface area contributed by atoms with Crippen LogP contribution in [0.5, 0.6) is 0 Å². The van der Waals surface area contributed by atoms with Crippen molar-refractivity contribution in [2.24, 2.45) is 0 Å². The standard InChI is InChI=1S/C98H80N2S2/c1-9-67-29-55-83(56-30-67)101-85-59-45-75(46-60-85)97(73-41-37-71(38-42-73)95(3,4)5)91-27-19-17-25-87(91)89-63-53-81(65-93(89)97)99(77-21-13-11-14-22-77)79-49-33-69(34-50-79)70-35-51-80(52-36-70)100(78-23-15-12-16-24-78)82-54-64-90-88-26-18-20-28-92(88)98(94(90)66-82,74-43-39-72(40-44-74)96(6,7)8)76-47-61-86(62-48-76)102-84-57-31-68(10-2)32-58-84/h9-66H,1-2H2,3-8H3. The number of nitrogens with zero attached hydrogens (tertiary/aromatic N) is 2. The summed E-state index contributed by atoms with van der Waals surface area (Å²) in [5.74, 6) is 0. The van der Waals surface area contributed by atoms with Crippen LogP contribution in [0.15, 0.2) is 372 Å². The van der Waals surface area contributed by atoms with Crippen LogP contribution in [0.1, 0.15) is 108 Å². The molecule has 0 aliphatic heterocycles. The quantitative estimate of drug-likeness (QED) is 0.0896. The van der Waals surface area contributed by atoms with Crippen LogP contribution >= 0.6 is 23.5 Å². The van der Waals surface area contributed by atoms with Crippen molar-refractivity contribution in [3.05, 3.63) is 420 Å². The Morgan fingerprint density at radius 3 is 0.863 bits per heavy atom. The molecule has 4 heteroatoms. The van der Waals surface area contributed by atoms with Gasteiger partial charge < -0.3 is 9.80 Å². The Hall–Kier alpha value is -11.1. The molecule has 16 rings (SSSR count). The van der Waals surface area contributed by atoms with Crippen LogP contribution in [-0.2, 0) is 21.7 Å². The third kappa shape index (κ3) is 11.8. The number of para-hydroxylation sites is 2. The highest BCUT2D eigenvalue weighted by atomic mass is 32.2. The van der Waals surface area contributed by atoms with E-state index in [1.54, 1.807) is 23.5 Å². The molecule has 0 heterocycles. The van der Waals surface area contributed by atoms with Crippen LogP contribution in [0, 0.1) is 0 Å². The second-order valence-electron chi connectivity index (χ2n) is 28.9. The zero-order chi connectivity index (χ0) is 69.7. The molecule has 0 saturated heterocycles. The van der Waals surface area contributed by atoms with E-state index in [1.807, 2.05) is 12.2 Å². The van der Waals surface area contributed by atoms with Gasteiger partial charge in [-0.05, 0) is 232 Å². The molecule has 0 amide bonds. The van der Waals surface area contributed by atoms with Gasteiger partial charge in [-0.3, -0.25) is 0 Å². The molecule has 2 aliphatic rings. The fraction of sp³-hybridized carbons (Fsp3) is 0.102. The van der Waals surface area contributed by atoms with E-state index in [4.69, 9.17) is 0 Å². The number of benzene rings is 14. The van der Waals surface area contributed by atoms with Crippen molar-refractivity contribution in [3.63, 3.8) is 0 Å². The maximum atomic E-state index is 3.98. The van der Waals surface area contributed by atoms with E-state index in [0.29, 0.717) is 0 Å². The lowest BCUT2D eigenvalue weighted by atomic mass is 9.67. The molecule has 0 bridgehead atoms. The summed E-state index contributed by atoms with van der Waals surface area (Å²) in [5, 5.41) is 0. The average molecular weight is 1350 g/mol. The molecule has 494 valence electrons. The van der Waals surface area contributed by atoms with E-state index in [9.17, 15) is 0 Å². The fourth-order valence-corrected chi connectivity index (χ4v) is 17.3. The molecule has 0 N–H and O–H groups in total. The van der Waals surface area contributed by atoms with Crippen molar-refractivity contribution in [2.45, 2.75) is 82.8 Å². The Morgan fingerprint density at radius 2 is 0.539 bits per heavy atom. The molecule has 14 aromatic rings. The normalized spacial score (nSPS) is 15.0. The molecule has 2 atom stereocenters. The molecule has 14 aromatic carbocycles. The Bertz CT molecular complexity index is 5040. The summed E-state index contributed by atoms with van der Waals surface area (Å²) in [7, 11) is 0. The molecule has 0 radical (unpaired) electrons. The SMILES string of the molecule is C=Cc1ccc(Sc2ccc(C3(c4ccc(C(C)(C)C)cc4)c4ccccc4-c4ccc(N(c5ccccc5)c5ccc(-c6ccc(N(c7ccccc7)c7ccc8c(c7)C(c7ccc(Sc9ccc(C=C)cc9)cc7)(c7ccc(C(C)(C)C)cc7)c7ccccc7-8)cc6)cc5)cc43)cc2)cc1. The molecule has 2 unspecified atom stereocenters. The first-order chi connectivity index (χ1) is 49.7. The molecule has 2 aliphatic carbocycles. The number of rotatable bonds is 17. The lowest BCUT2D eigenvalue weighted by molar-refractivity contribution is 0.589. The number of hydrogen-bond acceptors (Lipinski definition) is 4. The summed E-state index contributed by atoms with van der Waals surface area (Å²) in [6.45, 7) is 21.7. The van der Waals surface area contributed by atoms with Crippen LogP contribution in [-0.4, -0.2) is 0 Å². The molecule has 0 aromatic heterocycles. The Labute approximate surface area is 611 Å². The topological polar surface area (TPSA) is 6.48 Å². The van der Waals surface area contributed by atoms with Gasteiger partial charge in [0.25, 0.3) is 0 Å². The zero-order valence-electron chi connectivity index (χ0n) is 58.6. The van der Waals surface area contributed by atoms with Gasteiger partial charge in [0.1, 0.15) is 0 Å². The predicted molar refractivity (Wildman–Crippen MR) is 435 cm³/mol. The molecule has 2 nitrogen and oxygen atoms in total. The zero-order valence-corrected chi connectivity index (χ0v) is 60.2. The van der Waals surface area contributed by atoms with Crippen LogP contribution in [0.4, 0.5) is 34.1 Å². The van der Waals surface area contributed by atoms with Gasteiger partial charge in [0.15, 0.2) is 0 Å². The van der Waals surface area contributed by atoms with Gasteiger partial charge in [0.05, 0.1) is 10.8 Å². The van der Waals surface area contributed by atoms with Gasteiger partial charge >= 0.3 is 0 Å². The first-order valence-electron chi connectivity index (χ1n) is 35.3. The summed E-state index contributed by atoms with van der Waals surface area (Å²) < 4.78 is 0. The van der Waals surface area contributed by atoms with Crippen molar-refractivity contribution < 1.29 is 0 Å². The van der Waals surface area contributed by atoms with Crippen LogP contribution in [0.25, 0.3) is 45.5 Å². The summed E-state index contributed by atoms with van der Waals surface area (Å²) in [4.78, 5) is 9.61. The Morgan fingerprint density at radius 1 is 0.265 bits per heavy atom. The molecule has 102 heavy (non-hydrogen) atoms. The fourth-order valence-electron chi connectivity index (χ4n) is 15.6. The lowest BCUT2D eigenvalue weighted by Crippen LogP contribution is -2.29. The summed E-state index contributed by atoms with van der Waals surface area (Å²) in [5.41, 5.74) is 27.4. The number of hydrogen-bond donors (Lipinski definition) is 0. The van der Waals surface area contributed by atoms with E-state index in [-0.39, 0.29) is 10.8 Å². The molecular weight excluding hydrogens is 1270 g/mol. The van der Waals surface area contributed by atoms with Crippen molar-refractivity contribution >= 4 is 69.8 Å². The van der Waals surface area contributed by atoms with Crippen LogP contribution in [0.2, 0.25) is 0 Å². The summed E-state index contributed by atoms with van der Waals surface area (Å²) in [6, 6.07) is 127. The Balaban J connectivity index is 0.764. The van der Waals surface area contributed by atoms with Gasteiger partial charge in [-0.1, -0.05) is 309 Å². The van der Waals surface area contributed by atoms with Crippen LogP contribution < -0.4 is 9.80 Å². The van der Waals surface area contributed by atoms with Crippen LogP contribution in [0.3, 0.4) is 0 Å². The minimum absolute atomic E-state index is 0.00428. The lowest BCUT2D eigenvalue weighted by Gasteiger charge is -2.35. The van der Waals surface area contributed by atoms with E-state index in [1.165, 1.54) is 97.5 Å². The smallest absolute Gasteiger partial charge is 0.0714 e. The average Bonchev–Trinajstić information content (AvgIpc) is 1.57. The minimum Gasteiger partial charge on any atom is -0.310 e. The maximum Gasteiger partial charge on any atom is 0.0714 e. The third-order valence-electron chi connectivity index (χ3n) is 20.8. The van der Waals surface area contributed by atoms with E-state index < -0.39 is 10.8 Å². The first kappa shape index (κ1) is 65.5. The van der Waals surface area contributed by atoms with Gasteiger partial charge in [-0.2, -0.15) is 0 Å². The van der Waals surface area contributed by atoms with Gasteiger partial charge in [0.2, 0.25) is 0 Å². The second-order valence-corrected chi connectivity index (χ2v) is 31.2. The minimum atomic E-state index is -0.621. The monoisotopic (exact) mass is 1350 g/mol. The van der Waals surface area contributed by atoms with Gasteiger partial charge in [-0.15, -0.1) is 0 Å². The van der Waals surface area contributed by atoms with E-state index in [0.717, 1.165) is 56.4 Å². The van der Waals surface area contributed by atoms with E-state index >= 15 is 0 Å². The summed E-state index contributed by atoms with van der Waals surface area (Å²) in [6.07, 6.45) is 3.79. The van der Waals surface area contributed by atoms with Gasteiger partial charge in [0, 0.05) is 53.7 Å². The first-order valence-corrected chi connectivity index (χ1v) is 37.0. The second kappa shape index (κ2) is 26.8.